The van der Waals surface area contributed by atoms with Crippen LogP contribution in [0.5, 0.6) is 11.6 Å². The average molecular weight is 423 g/mol. The van der Waals surface area contributed by atoms with Gasteiger partial charge in [0.25, 0.3) is 0 Å². The molecule has 0 aliphatic heterocycles. The molecule has 11 heteroatoms. The Bertz CT molecular complexity index is 807. The molecule has 1 aromatic carbocycles. The van der Waals surface area contributed by atoms with Crippen molar-refractivity contribution in [2.45, 2.75) is 26.2 Å². The molecule has 0 radical (unpaired) electrons. The lowest BCUT2D eigenvalue weighted by molar-refractivity contribution is -0.159. The van der Waals surface area contributed by atoms with Crippen LogP contribution in [0.4, 0.5) is 38.0 Å². The Morgan fingerprint density at radius 3 is 2.14 bits per heavy atom. The summed E-state index contributed by atoms with van der Waals surface area (Å²) in [6.07, 6.45) is -9.39. The zero-order valence-corrected chi connectivity index (χ0v) is 15.8. The number of halogens is 6. The first-order valence-corrected chi connectivity index (χ1v) is 8.47. The van der Waals surface area contributed by atoms with Crippen LogP contribution in [-0.2, 0) is 6.18 Å². The van der Waals surface area contributed by atoms with Crippen LogP contribution in [0.15, 0.2) is 30.5 Å². The first kappa shape index (κ1) is 22.6. The van der Waals surface area contributed by atoms with Crippen molar-refractivity contribution in [3.63, 3.8) is 0 Å². The standard InChI is InChI=1S/C18H19F6N3O2/c1-11(2)9-28-13-6-4-12(5-7-13)27(3)16-25-8-14(18(22,23)24)15(26-16)29-10-17(19,20)21/h4-8,11H,9-10H2,1-3H3. The van der Waals surface area contributed by atoms with Crippen LogP contribution in [0.1, 0.15) is 19.4 Å². The molecule has 0 aliphatic carbocycles. The van der Waals surface area contributed by atoms with E-state index >= 15 is 0 Å². The van der Waals surface area contributed by atoms with E-state index in [1.807, 2.05) is 13.8 Å². The summed E-state index contributed by atoms with van der Waals surface area (Å²) < 4.78 is 86.0. The Morgan fingerprint density at radius 1 is 1.00 bits per heavy atom. The van der Waals surface area contributed by atoms with Gasteiger partial charge >= 0.3 is 12.4 Å². The quantitative estimate of drug-likeness (QED) is 0.570. The normalized spacial score (nSPS) is 12.2. The summed E-state index contributed by atoms with van der Waals surface area (Å²) >= 11 is 0. The maximum absolute atomic E-state index is 13.0. The minimum absolute atomic E-state index is 0.258. The van der Waals surface area contributed by atoms with E-state index in [0.717, 1.165) is 0 Å². The molecule has 0 unspecified atom stereocenters. The number of nitrogens with zero attached hydrogens (tertiary/aromatic N) is 3. The zero-order valence-electron chi connectivity index (χ0n) is 15.8. The Morgan fingerprint density at radius 2 is 1.62 bits per heavy atom. The average Bonchev–Trinajstić information content (AvgIpc) is 2.63. The van der Waals surface area contributed by atoms with E-state index in [1.165, 1.54) is 11.9 Å². The second-order valence-electron chi connectivity index (χ2n) is 6.55. The van der Waals surface area contributed by atoms with Crippen molar-refractivity contribution in [2.75, 3.05) is 25.2 Å². The van der Waals surface area contributed by atoms with Gasteiger partial charge in [0.1, 0.15) is 11.3 Å². The van der Waals surface area contributed by atoms with Crippen LogP contribution in [0.3, 0.4) is 0 Å². The van der Waals surface area contributed by atoms with Crippen LogP contribution < -0.4 is 14.4 Å². The number of hydrogen-bond donors (Lipinski definition) is 0. The van der Waals surface area contributed by atoms with Gasteiger partial charge in [0, 0.05) is 18.9 Å². The van der Waals surface area contributed by atoms with Crippen molar-refractivity contribution in [2.24, 2.45) is 5.92 Å². The molecule has 0 fully saturated rings. The number of anilines is 2. The third kappa shape index (κ3) is 6.68. The molecule has 0 saturated carbocycles. The van der Waals surface area contributed by atoms with Crippen LogP contribution in [0.25, 0.3) is 0 Å². The van der Waals surface area contributed by atoms with Crippen LogP contribution >= 0.6 is 0 Å². The molecule has 160 valence electrons. The summed E-state index contributed by atoms with van der Waals surface area (Å²) in [7, 11) is 1.46. The van der Waals surface area contributed by atoms with Gasteiger partial charge in [-0.05, 0) is 30.2 Å². The fourth-order valence-electron chi connectivity index (χ4n) is 2.12. The van der Waals surface area contributed by atoms with Crippen molar-refractivity contribution in [1.82, 2.24) is 9.97 Å². The van der Waals surface area contributed by atoms with E-state index in [0.29, 0.717) is 30.2 Å². The highest BCUT2D eigenvalue weighted by atomic mass is 19.4. The summed E-state index contributed by atoms with van der Waals surface area (Å²) in [5.41, 5.74) is -1.00. The zero-order chi connectivity index (χ0) is 21.8. The highest BCUT2D eigenvalue weighted by Crippen LogP contribution is 2.36. The van der Waals surface area contributed by atoms with Gasteiger partial charge in [-0.1, -0.05) is 13.8 Å². The Hall–Kier alpha value is -2.72. The molecule has 1 heterocycles. The molecule has 1 aromatic heterocycles. The predicted octanol–water partition coefficient (Wildman–Crippen LogP) is 5.24. The second-order valence-corrected chi connectivity index (χ2v) is 6.55. The first-order chi connectivity index (χ1) is 13.4. The highest BCUT2D eigenvalue weighted by Gasteiger charge is 2.38. The van der Waals surface area contributed by atoms with Crippen molar-refractivity contribution in [1.29, 1.82) is 0 Å². The Balaban J connectivity index is 2.26. The number of rotatable bonds is 7. The largest absolute Gasteiger partial charge is 0.493 e. The smallest absolute Gasteiger partial charge is 0.423 e. The Labute approximate surface area is 163 Å². The van der Waals surface area contributed by atoms with Gasteiger partial charge in [-0.3, -0.25) is 0 Å². The van der Waals surface area contributed by atoms with Crippen molar-refractivity contribution < 1.29 is 35.8 Å². The van der Waals surface area contributed by atoms with Gasteiger partial charge in [0.2, 0.25) is 11.8 Å². The summed E-state index contributed by atoms with van der Waals surface area (Å²) in [6.45, 7) is 2.58. The summed E-state index contributed by atoms with van der Waals surface area (Å²) in [4.78, 5) is 8.46. The fraction of sp³-hybridized carbons (Fsp3) is 0.444. The van der Waals surface area contributed by atoms with E-state index in [9.17, 15) is 26.3 Å². The SMILES string of the molecule is CC(C)COc1ccc(N(C)c2ncc(C(F)(F)F)c(OCC(F)(F)F)n2)cc1. The fourth-order valence-corrected chi connectivity index (χ4v) is 2.12. The molecular formula is C18H19F6N3O2. The van der Waals surface area contributed by atoms with E-state index in [4.69, 9.17) is 4.74 Å². The number of benzene rings is 1. The lowest BCUT2D eigenvalue weighted by Crippen LogP contribution is -2.23. The van der Waals surface area contributed by atoms with Gasteiger partial charge in [0.15, 0.2) is 6.61 Å². The summed E-state index contributed by atoms with van der Waals surface area (Å²) in [5, 5.41) is 0. The predicted molar refractivity (Wildman–Crippen MR) is 93.4 cm³/mol. The number of hydrogen-bond acceptors (Lipinski definition) is 5. The van der Waals surface area contributed by atoms with Gasteiger partial charge < -0.3 is 14.4 Å². The molecule has 2 aromatic rings. The maximum atomic E-state index is 13.0. The molecule has 0 N–H and O–H groups in total. The summed E-state index contributed by atoms with van der Waals surface area (Å²) in [6, 6.07) is 6.54. The molecule has 5 nitrogen and oxygen atoms in total. The number of aromatic nitrogens is 2. The third-order valence-electron chi connectivity index (χ3n) is 3.53. The van der Waals surface area contributed by atoms with Crippen LogP contribution in [-0.4, -0.2) is 36.4 Å². The molecule has 0 aliphatic rings. The molecule has 2 rings (SSSR count). The van der Waals surface area contributed by atoms with E-state index in [2.05, 4.69) is 14.7 Å². The molecular weight excluding hydrogens is 404 g/mol. The molecule has 0 spiro atoms. The second kappa shape index (κ2) is 8.75. The lowest BCUT2D eigenvalue weighted by Gasteiger charge is -2.20. The highest BCUT2D eigenvalue weighted by molar-refractivity contribution is 5.58. The number of alkyl halides is 6. The first-order valence-electron chi connectivity index (χ1n) is 8.47. The molecule has 29 heavy (non-hydrogen) atoms. The number of ether oxygens (including phenoxy) is 2. The van der Waals surface area contributed by atoms with Crippen molar-refractivity contribution in [3.05, 3.63) is 36.0 Å². The van der Waals surface area contributed by atoms with E-state index in [-0.39, 0.29) is 5.95 Å². The van der Waals surface area contributed by atoms with Gasteiger partial charge in [-0.15, -0.1) is 0 Å². The van der Waals surface area contributed by atoms with Gasteiger partial charge in [-0.25, -0.2) is 4.98 Å². The van der Waals surface area contributed by atoms with Gasteiger partial charge in [-0.2, -0.15) is 31.3 Å². The third-order valence-corrected chi connectivity index (χ3v) is 3.53. The topological polar surface area (TPSA) is 47.5 Å². The van der Waals surface area contributed by atoms with Crippen molar-refractivity contribution >= 4 is 11.6 Å². The molecule has 0 saturated heterocycles. The Kier molecular flexibility index (Phi) is 6.81. The van der Waals surface area contributed by atoms with Crippen LogP contribution in [0, 0.1) is 5.92 Å². The monoisotopic (exact) mass is 423 g/mol. The van der Waals surface area contributed by atoms with Gasteiger partial charge in [0.05, 0.1) is 6.61 Å². The molecule has 0 amide bonds. The summed E-state index contributed by atoms with van der Waals surface area (Å²) in [5.74, 6) is -0.527. The minimum Gasteiger partial charge on any atom is -0.493 e. The molecule has 0 atom stereocenters. The van der Waals surface area contributed by atoms with Crippen LogP contribution in [0.2, 0.25) is 0 Å². The lowest BCUT2D eigenvalue weighted by atomic mass is 10.2. The van der Waals surface area contributed by atoms with Crippen molar-refractivity contribution in [3.8, 4) is 11.6 Å². The molecule has 0 bridgehead atoms. The maximum Gasteiger partial charge on any atom is 0.423 e. The van der Waals surface area contributed by atoms with E-state index < -0.39 is 30.4 Å². The van der Waals surface area contributed by atoms with E-state index in [1.54, 1.807) is 24.3 Å². The minimum atomic E-state index is -4.96.